The summed E-state index contributed by atoms with van der Waals surface area (Å²) >= 11 is 0. The highest BCUT2D eigenvalue weighted by Crippen LogP contribution is 2.24. The number of benzene rings is 1. The van der Waals surface area contributed by atoms with Crippen LogP contribution in [0.3, 0.4) is 0 Å². The topological polar surface area (TPSA) is 64.6 Å². The smallest absolute Gasteiger partial charge is 0.407 e. The molecule has 0 heterocycles. The quantitative estimate of drug-likeness (QED) is 0.884. The molecule has 0 aliphatic heterocycles. The lowest BCUT2D eigenvalue weighted by atomic mass is 9.91. The van der Waals surface area contributed by atoms with Gasteiger partial charge in [-0.15, -0.1) is 0 Å². The van der Waals surface area contributed by atoms with Crippen LogP contribution >= 0.6 is 0 Å². The number of carbonyl (C=O) groups excluding carboxylic acids is 2. The second-order valence-electron chi connectivity index (χ2n) is 7.06. The monoisotopic (exact) mass is 349 g/mol. The van der Waals surface area contributed by atoms with Gasteiger partial charge in [0.25, 0.3) is 0 Å². The van der Waals surface area contributed by atoms with Crippen molar-refractivity contribution in [3.05, 3.63) is 41.2 Å². The van der Waals surface area contributed by atoms with E-state index in [0.29, 0.717) is 24.9 Å². The Morgan fingerprint density at radius 3 is 2.72 bits per heavy atom. The molecule has 25 heavy (non-hydrogen) atoms. The van der Waals surface area contributed by atoms with Crippen molar-refractivity contribution in [1.29, 1.82) is 0 Å². The summed E-state index contributed by atoms with van der Waals surface area (Å²) in [5.74, 6) is 0.792. The molecule has 0 atom stereocenters. The molecule has 1 aliphatic rings. The van der Waals surface area contributed by atoms with Gasteiger partial charge in [-0.05, 0) is 50.5 Å². The van der Waals surface area contributed by atoms with Crippen LogP contribution < -0.4 is 10.1 Å². The molecule has 0 bridgehead atoms. The van der Waals surface area contributed by atoms with Gasteiger partial charge in [0.1, 0.15) is 23.7 Å². The van der Waals surface area contributed by atoms with Crippen LogP contribution in [0.1, 0.15) is 38.3 Å². The van der Waals surface area contributed by atoms with Crippen molar-refractivity contribution in [3.63, 3.8) is 0 Å². The number of fused-ring (bicyclic) bond motifs is 1. The van der Waals surface area contributed by atoms with E-state index >= 15 is 0 Å². The number of alkyl carbamates (subject to hydrolysis) is 1. The number of ether oxygens (including phenoxy) is 2. The highest BCUT2D eigenvalue weighted by Gasteiger charge is 2.17. The van der Waals surface area contributed by atoms with E-state index in [-0.39, 0.29) is 24.5 Å². The number of amides is 1. The first-order valence-electron chi connectivity index (χ1n) is 8.28. The minimum atomic E-state index is -0.612. The molecule has 2 rings (SSSR count). The van der Waals surface area contributed by atoms with Crippen LogP contribution in [0.2, 0.25) is 0 Å². The second-order valence-corrected chi connectivity index (χ2v) is 7.06. The highest BCUT2D eigenvalue weighted by atomic mass is 19.1. The fraction of sp³-hybridized carbons (Fsp3) is 0.474. The Bertz CT molecular complexity index is 676. The van der Waals surface area contributed by atoms with Gasteiger partial charge in [0.2, 0.25) is 0 Å². The third kappa shape index (κ3) is 6.21. The third-order valence-electron chi connectivity index (χ3n) is 3.68. The van der Waals surface area contributed by atoms with Gasteiger partial charge in [-0.1, -0.05) is 6.07 Å². The van der Waals surface area contributed by atoms with Gasteiger partial charge in [0, 0.05) is 25.0 Å². The van der Waals surface area contributed by atoms with E-state index in [1.807, 2.05) is 18.2 Å². The molecule has 1 aliphatic carbocycles. The zero-order valence-corrected chi connectivity index (χ0v) is 14.9. The zero-order valence-electron chi connectivity index (χ0n) is 14.9. The molecule has 0 saturated carbocycles. The van der Waals surface area contributed by atoms with Crippen LogP contribution in [0, 0.1) is 0 Å². The SMILES string of the molecule is CC(C)(C)OC(=O)NC/C(=C\F)COc1ccc2c(c1)CC(=O)CC2. The Morgan fingerprint density at radius 2 is 2.04 bits per heavy atom. The molecule has 0 unspecified atom stereocenters. The fourth-order valence-corrected chi connectivity index (χ4v) is 2.47. The Hall–Kier alpha value is -2.37. The van der Waals surface area contributed by atoms with Crippen LogP contribution in [0.25, 0.3) is 0 Å². The normalized spacial score (nSPS) is 14.7. The van der Waals surface area contributed by atoms with Crippen LogP contribution in [-0.4, -0.2) is 30.6 Å². The highest BCUT2D eigenvalue weighted by molar-refractivity contribution is 5.83. The molecule has 6 heteroatoms. The Balaban J connectivity index is 1.86. The van der Waals surface area contributed by atoms with Crippen molar-refractivity contribution in [1.82, 2.24) is 5.32 Å². The minimum absolute atomic E-state index is 0.000961. The van der Waals surface area contributed by atoms with Crippen LogP contribution in [0.5, 0.6) is 5.75 Å². The summed E-state index contributed by atoms with van der Waals surface area (Å²) in [5.41, 5.74) is 1.78. The summed E-state index contributed by atoms with van der Waals surface area (Å²) in [6.07, 6.45) is 1.55. The van der Waals surface area contributed by atoms with Crippen molar-refractivity contribution in [2.75, 3.05) is 13.2 Å². The molecule has 0 spiro atoms. The Morgan fingerprint density at radius 1 is 1.28 bits per heavy atom. The first kappa shape index (κ1) is 19.0. The number of hydrogen-bond donors (Lipinski definition) is 1. The first-order valence-corrected chi connectivity index (χ1v) is 8.28. The van der Waals surface area contributed by atoms with Crippen LogP contribution in [-0.2, 0) is 22.4 Å². The molecule has 0 fully saturated rings. The average molecular weight is 349 g/mol. The number of carbonyl (C=O) groups is 2. The molecule has 1 aromatic carbocycles. The average Bonchev–Trinajstić information content (AvgIpc) is 2.53. The minimum Gasteiger partial charge on any atom is -0.489 e. The number of rotatable bonds is 5. The second kappa shape index (κ2) is 8.14. The van der Waals surface area contributed by atoms with Crippen LogP contribution in [0.15, 0.2) is 30.1 Å². The summed E-state index contributed by atoms with van der Waals surface area (Å²) in [6, 6.07) is 5.57. The van der Waals surface area contributed by atoms with E-state index < -0.39 is 11.7 Å². The van der Waals surface area contributed by atoms with E-state index in [1.54, 1.807) is 20.8 Å². The number of Topliss-reactive ketones (excluding diaryl/α,β-unsaturated/α-hetero) is 1. The number of aryl methyl sites for hydroxylation is 1. The van der Waals surface area contributed by atoms with Gasteiger partial charge < -0.3 is 14.8 Å². The standard InChI is InChI=1S/C19H24FNO4/c1-19(2,3)25-18(23)21-11-13(10-20)12-24-17-7-5-14-4-6-16(22)8-15(14)9-17/h5,7,9-10H,4,6,8,11-12H2,1-3H3,(H,21,23)/b13-10+. The van der Waals surface area contributed by atoms with Gasteiger partial charge in [-0.25, -0.2) is 9.18 Å². The third-order valence-corrected chi connectivity index (χ3v) is 3.68. The predicted octanol–water partition coefficient (Wildman–Crippen LogP) is 3.50. The maximum Gasteiger partial charge on any atom is 0.407 e. The predicted molar refractivity (Wildman–Crippen MR) is 92.4 cm³/mol. The number of hydrogen-bond acceptors (Lipinski definition) is 4. The number of nitrogens with one attached hydrogen (secondary N) is 1. The van der Waals surface area contributed by atoms with E-state index in [2.05, 4.69) is 5.32 Å². The lowest BCUT2D eigenvalue weighted by Crippen LogP contribution is -2.34. The largest absolute Gasteiger partial charge is 0.489 e. The lowest BCUT2D eigenvalue weighted by Gasteiger charge is -2.20. The fourth-order valence-electron chi connectivity index (χ4n) is 2.47. The molecular formula is C19H24FNO4. The number of ketones is 1. The van der Waals surface area contributed by atoms with Gasteiger partial charge in [0.05, 0.1) is 6.33 Å². The van der Waals surface area contributed by atoms with E-state index in [4.69, 9.17) is 9.47 Å². The van der Waals surface area contributed by atoms with Crippen molar-refractivity contribution in [3.8, 4) is 5.75 Å². The van der Waals surface area contributed by atoms with Crippen molar-refractivity contribution in [2.45, 2.75) is 45.6 Å². The maximum atomic E-state index is 13.0. The summed E-state index contributed by atoms with van der Waals surface area (Å²) in [6.45, 7) is 5.25. The first-order chi connectivity index (χ1) is 11.8. The van der Waals surface area contributed by atoms with Gasteiger partial charge in [-0.3, -0.25) is 4.79 Å². The molecular weight excluding hydrogens is 325 g/mol. The van der Waals surface area contributed by atoms with E-state index in [1.165, 1.54) is 0 Å². The summed E-state index contributed by atoms with van der Waals surface area (Å²) in [5, 5.41) is 2.49. The lowest BCUT2D eigenvalue weighted by molar-refractivity contribution is -0.118. The molecule has 136 valence electrons. The van der Waals surface area contributed by atoms with E-state index in [0.717, 1.165) is 17.5 Å². The number of halogens is 1. The molecule has 0 saturated heterocycles. The molecule has 0 aromatic heterocycles. The van der Waals surface area contributed by atoms with E-state index in [9.17, 15) is 14.0 Å². The molecule has 1 aromatic rings. The molecule has 1 amide bonds. The summed E-state index contributed by atoms with van der Waals surface area (Å²) < 4.78 is 23.7. The summed E-state index contributed by atoms with van der Waals surface area (Å²) in [7, 11) is 0. The molecule has 5 nitrogen and oxygen atoms in total. The Kier molecular flexibility index (Phi) is 6.17. The zero-order chi connectivity index (χ0) is 18.4. The maximum absolute atomic E-state index is 13.0. The van der Waals surface area contributed by atoms with Gasteiger partial charge >= 0.3 is 6.09 Å². The van der Waals surface area contributed by atoms with Gasteiger partial charge in [-0.2, -0.15) is 0 Å². The Labute approximate surface area is 147 Å². The molecule has 0 radical (unpaired) electrons. The van der Waals surface area contributed by atoms with Crippen molar-refractivity contribution in [2.24, 2.45) is 0 Å². The van der Waals surface area contributed by atoms with Crippen molar-refractivity contribution >= 4 is 11.9 Å². The summed E-state index contributed by atoms with van der Waals surface area (Å²) in [4.78, 5) is 23.1. The molecule has 1 N–H and O–H groups in total. The van der Waals surface area contributed by atoms with Crippen molar-refractivity contribution < 1.29 is 23.5 Å². The van der Waals surface area contributed by atoms with Gasteiger partial charge in [0.15, 0.2) is 0 Å². The van der Waals surface area contributed by atoms with Crippen LogP contribution in [0.4, 0.5) is 9.18 Å².